The number of hydrogen-bond acceptors (Lipinski definition) is 2. The van der Waals surface area contributed by atoms with E-state index in [0.29, 0.717) is 5.69 Å². The van der Waals surface area contributed by atoms with E-state index >= 15 is 0 Å². The van der Waals surface area contributed by atoms with Gasteiger partial charge in [0.05, 0.1) is 5.69 Å². The Labute approximate surface area is 78.2 Å². The summed E-state index contributed by atoms with van der Waals surface area (Å²) in [4.78, 5) is 10.6. The third kappa shape index (κ3) is 1.96. The molecule has 64 valence electrons. The highest BCUT2D eigenvalue weighted by Gasteiger charge is 2.05. The van der Waals surface area contributed by atoms with Crippen molar-refractivity contribution in [1.29, 1.82) is 0 Å². The van der Waals surface area contributed by atoms with Crippen molar-refractivity contribution in [2.24, 2.45) is 11.6 Å². The summed E-state index contributed by atoms with van der Waals surface area (Å²) in [6.45, 7) is 0. The second kappa shape index (κ2) is 3.55. The zero-order valence-electron chi connectivity index (χ0n) is 6.20. The highest BCUT2D eigenvalue weighted by atomic mass is 79.9. The lowest BCUT2D eigenvalue weighted by atomic mass is 10.3. The third-order valence-corrected chi connectivity index (χ3v) is 1.82. The van der Waals surface area contributed by atoms with Crippen molar-refractivity contribution >= 4 is 27.6 Å². The number of anilines is 1. The Hall–Kier alpha value is -1.07. The van der Waals surface area contributed by atoms with Crippen LogP contribution in [0, 0.1) is 0 Å². The van der Waals surface area contributed by atoms with Gasteiger partial charge in [-0.05, 0) is 18.2 Å². The molecule has 0 aliphatic heterocycles. The smallest absolute Gasteiger partial charge is 0.333 e. The van der Waals surface area contributed by atoms with Gasteiger partial charge in [0.1, 0.15) is 0 Å². The summed E-state index contributed by atoms with van der Waals surface area (Å²) < 4.78 is 0.844. The van der Waals surface area contributed by atoms with Crippen molar-refractivity contribution in [3.05, 3.63) is 28.7 Å². The first kappa shape index (κ1) is 9.02. The number of carbonyl (C=O) groups is 1. The molecule has 2 amide bonds. The van der Waals surface area contributed by atoms with Crippen molar-refractivity contribution in [2.45, 2.75) is 0 Å². The Morgan fingerprint density at radius 2 is 2.17 bits per heavy atom. The fourth-order valence-corrected chi connectivity index (χ4v) is 1.14. The fraction of sp³-hybridized carbons (Fsp3) is 0. The van der Waals surface area contributed by atoms with Crippen LogP contribution in [-0.4, -0.2) is 6.03 Å². The Morgan fingerprint density at radius 1 is 1.50 bits per heavy atom. The van der Waals surface area contributed by atoms with Crippen LogP contribution in [0.3, 0.4) is 0 Å². The number of urea groups is 1. The molecule has 0 aliphatic carbocycles. The second-order valence-corrected chi connectivity index (χ2v) is 3.10. The zero-order valence-corrected chi connectivity index (χ0v) is 7.78. The molecule has 0 fully saturated rings. The predicted molar refractivity (Wildman–Crippen MR) is 50.4 cm³/mol. The summed E-state index contributed by atoms with van der Waals surface area (Å²) in [5.74, 6) is 5.34. The van der Waals surface area contributed by atoms with Crippen LogP contribution < -0.4 is 16.6 Å². The largest absolute Gasteiger partial charge is 0.350 e. The third-order valence-electron chi connectivity index (χ3n) is 1.32. The standard InChI is InChI=1S/C7H8BrN3O/c8-5-2-1-3-6(4-5)11(10)7(9)12/h1-4H,10H2,(H2,9,12). The molecule has 1 rings (SSSR count). The highest BCUT2D eigenvalue weighted by Crippen LogP contribution is 2.17. The number of hydrazine groups is 1. The van der Waals surface area contributed by atoms with Gasteiger partial charge in [-0.15, -0.1) is 0 Å². The first-order valence-corrected chi connectivity index (χ1v) is 4.00. The first-order chi connectivity index (χ1) is 5.61. The highest BCUT2D eigenvalue weighted by molar-refractivity contribution is 9.10. The fourth-order valence-electron chi connectivity index (χ4n) is 0.753. The monoisotopic (exact) mass is 229 g/mol. The number of nitrogens with two attached hydrogens (primary N) is 2. The van der Waals surface area contributed by atoms with Gasteiger partial charge in [0.15, 0.2) is 0 Å². The summed E-state index contributed by atoms with van der Waals surface area (Å²) in [7, 11) is 0. The van der Waals surface area contributed by atoms with E-state index in [1.165, 1.54) is 0 Å². The van der Waals surface area contributed by atoms with E-state index in [1.54, 1.807) is 18.2 Å². The van der Waals surface area contributed by atoms with Crippen LogP contribution >= 0.6 is 15.9 Å². The molecule has 1 aromatic rings. The molecule has 0 heterocycles. The summed E-state index contributed by atoms with van der Waals surface area (Å²) in [5.41, 5.74) is 5.52. The van der Waals surface area contributed by atoms with E-state index in [0.717, 1.165) is 9.48 Å². The minimum Gasteiger partial charge on any atom is -0.350 e. The van der Waals surface area contributed by atoms with Gasteiger partial charge in [0, 0.05) is 4.47 Å². The number of primary amides is 1. The van der Waals surface area contributed by atoms with E-state index in [1.807, 2.05) is 6.07 Å². The Morgan fingerprint density at radius 3 is 2.67 bits per heavy atom. The molecular weight excluding hydrogens is 222 g/mol. The summed E-state index contributed by atoms with van der Waals surface area (Å²) >= 11 is 3.25. The lowest BCUT2D eigenvalue weighted by Crippen LogP contribution is -2.41. The van der Waals surface area contributed by atoms with Crippen molar-refractivity contribution in [3.63, 3.8) is 0 Å². The summed E-state index contributed by atoms with van der Waals surface area (Å²) in [6, 6.07) is 6.30. The minimum atomic E-state index is -0.687. The molecule has 0 bridgehead atoms. The molecule has 5 heteroatoms. The average molecular weight is 230 g/mol. The lowest BCUT2D eigenvalue weighted by Gasteiger charge is -2.13. The van der Waals surface area contributed by atoms with E-state index in [4.69, 9.17) is 11.6 Å². The number of benzene rings is 1. The van der Waals surface area contributed by atoms with Gasteiger partial charge < -0.3 is 5.73 Å². The van der Waals surface area contributed by atoms with Gasteiger partial charge in [-0.1, -0.05) is 22.0 Å². The molecule has 0 saturated carbocycles. The molecule has 0 unspecified atom stereocenters. The number of amides is 2. The Kier molecular flexibility index (Phi) is 2.67. The molecule has 0 aliphatic rings. The quantitative estimate of drug-likeness (QED) is 0.432. The SMILES string of the molecule is NC(=O)N(N)c1cccc(Br)c1. The summed E-state index contributed by atoms with van der Waals surface area (Å²) in [5, 5.41) is 0.880. The van der Waals surface area contributed by atoms with Crippen LogP contribution in [0.2, 0.25) is 0 Å². The van der Waals surface area contributed by atoms with Gasteiger partial charge in [-0.3, -0.25) is 0 Å². The number of hydrogen-bond donors (Lipinski definition) is 2. The minimum absolute atomic E-state index is 0.553. The molecule has 0 spiro atoms. The van der Waals surface area contributed by atoms with Crippen molar-refractivity contribution < 1.29 is 4.79 Å². The normalized spacial score (nSPS) is 9.50. The molecule has 0 saturated heterocycles. The van der Waals surface area contributed by atoms with Crippen LogP contribution in [0.5, 0.6) is 0 Å². The van der Waals surface area contributed by atoms with Crippen LogP contribution in [0.4, 0.5) is 10.5 Å². The topological polar surface area (TPSA) is 72.4 Å². The van der Waals surface area contributed by atoms with Crippen molar-refractivity contribution in [2.75, 3.05) is 5.01 Å². The van der Waals surface area contributed by atoms with Crippen molar-refractivity contribution in [3.8, 4) is 0 Å². The van der Waals surface area contributed by atoms with Crippen molar-refractivity contribution in [1.82, 2.24) is 0 Å². The van der Waals surface area contributed by atoms with Gasteiger partial charge in [0.25, 0.3) is 0 Å². The van der Waals surface area contributed by atoms with E-state index in [2.05, 4.69) is 15.9 Å². The van der Waals surface area contributed by atoms with Gasteiger partial charge in [-0.25, -0.2) is 15.6 Å². The average Bonchev–Trinajstić information content (AvgIpc) is 2.03. The molecule has 4 nitrogen and oxygen atoms in total. The maximum Gasteiger partial charge on any atom is 0.333 e. The second-order valence-electron chi connectivity index (χ2n) is 2.19. The predicted octanol–water partition coefficient (Wildman–Crippen LogP) is 1.21. The van der Waals surface area contributed by atoms with Gasteiger partial charge in [0.2, 0.25) is 0 Å². The van der Waals surface area contributed by atoms with E-state index in [-0.39, 0.29) is 0 Å². The van der Waals surface area contributed by atoms with E-state index < -0.39 is 6.03 Å². The van der Waals surface area contributed by atoms with Crippen LogP contribution in [0.1, 0.15) is 0 Å². The van der Waals surface area contributed by atoms with Crippen LogP contribution in [-0.2, 0) is 0 Å². The lowest BCUT2D eigenvalue weighted by molar-refractivity contribution is 0.254. The maximum absolute atomic E-state index is 10.6. The molecular formula is C7H8BrN3O. The molecule has 0 atom stereocenters. The zero-order chi connectivity index (χ0) is 9.14. The van der Waals surface area contributed by atoms with E-state index in [9.17, 15) is 4.79 Å². The Bertz CT molecular complexity index is 302. The number of rotatable bonds is 1. The first-order valence-electron chi connectivity index (χ1n) is 3.21. The molecule has 4 N–H and O–H groups in total. The molecule has 0 aromatic heterocycles. The van der Waals surface area contributed by atoms with Gasteiger partial charge >= 0.3 is 6.03 Å². The number of halogens is 1. The number of nitrogens with zero attached hydrogens (tertiary/aromatic N) is 1. The van der Waals surface area contributed by atoms with Gasteiger partial charge in [-0.2, -0.15) is 0 Å². The summed E-state index contributed by atoms with van der Waals surface area (Å²) in [6.07, 6.45) is 0. The maximum atomic E-state index is 10.6. The molecule has 0 radical (unpaired) electrons. The van der Waals surface area contributed by atoms with Crippen LogP contribution in [0.15, 0.2) is 28.7 Å². The Balaban J connectivity index is 2.95. The molecule has 1 aromatic carbocycles. The number of carbonyl (C=O) groups excluding carboxylic acids is 1. The molecule has 12 heavy (non-hydrogen) atoms. The van der Waals surface area contributed by atoms with Crippen LogP contribution in [0.25, 0.3) is 0 Å².